The molecule has 0 unspecified atom stereocenters. The van der Waals surface area contributed by atoms with Crippen molar-refractivity contribution in [2.75, 3.05) is 36.5 Å². The van der Waals surface area contributed by atoms with E-state index < -0.39 is 0 Å². The molecular weight excluding hydrogens is 328 g/mol. The lowest BCUT2D eigenvalue weighted by molar-refractivity contribution is 0.122. The van der Waals surface area contributed by atoms with Crippen molar-refractivity contribution in [2.45, 2.75) is 20.8 Å². The van der Waals surface area contributed by atoms with Gasteiger partial charge in [0.05, 0.1) is 24.4 Å². The molecule has 1 aliphatic rings. The summed E-state index contributed by atoms with van der Waals surface area (Å²) < 4.78 is 5.43. The summed E-state index contributed by atoms with van der Waals surface area (Å²) in [5.41, 5.74) is 4.84. The lowest BCUT2D eigenvalue weighted by Crippen LogP contribution is -2.36. The maximum Gasteiger partial charge on any atom is 0.230 e. The summed E-state index contributed by atoms with van der Waals surface area (Å²) in [6.07, 6.45) is 0. The molecule has 7 heteroatoms. The number of benzene rings is 1. The molecule has 3 heterocycles. The summed E-state index contributed by atoms with van der Waals surface area (Å²) in [5, 5.41) is 4.18. The van der Waals surface area contributed by atoms with Crippen molar-refractivity contribution < 1.29 is 4.74 Å². The Morgan fingerprint density at radius 2 is 1.58 bits per heavy atom. The molecule has 1 aromatic carbocycles. The van der Waals surface area contributed by atoms with Crippen molar-refractivity contribution in [3.8, 4) is 0 Å². The Kier molecular flexibility index (Phi) is 4.38. The molecule has 1 saturated heterocycles. The molecule has 0 saturated carbocycles. The van der Waals surface area contributed by atoms with Crippen molar-refractivity contribution in [2.24, 2.45) is 0 Å². The van der Waals surface area contributed by atoms with Crippen molar-refractivity contribution in [3.05, 3.63) is 41.3 Å². The lowest BCUT2D eigenvalue weighted by Gasteiger charge is -2.29. The van der Waals surface area contributed by atoms with E-state index in [4.69, 9.17) is 4.74 Å². The molecule has 2 aromatic heterocycles. The van der Waals surface area contributed by atoms with Gasteiger partial charge in [-0.05, 0) is 45.0 Å². The molecule has 134 valence electrons. The van der Waals surface area contributed by atoms with E-state index in [2.05, 4.69) is 42.3 Å². The Balaban J connectivity index is 1.65. The van der Waals surface area contributed by atoms with E-state index in [0.29, 0.717) is 11.9 Å². The Labute approximate surface area is 152 Å². The van der Waals surface area contributed by atoms with E-state index >= 15 is 0 Å². The molecule has 26 heavy (non-hydrogen) atoms. The summed E-state index contributed by atoms with van der Waals surface area (Å²) in [6.45, 7) is 9.25. The van der Waals surface area contributed by atoms with Crippen LogP contribution >= 0.6 is 0 Å². The Bertz CT molecular complexity index is 932. The highest BCUT2D eigenvalue weighted by Gasteiger charge is 2.13. The second kappa shape index (κ2) is 6.84. The molecule has 7 nitrogen and oxygen atoms in total. The molecule has 0 bridgehead atoms. The minimum atomic E-state index is 0.513. The van der Waals surface area contributed by atoms with Gasteiger partial charge >= 0.3 is 0 Å². The normalized spacial score (nSPS) is 14.7. The van der Waals surface area contributed by atoms with Gasteiger partial charge < -0.3 is 9.64 Å². The third kappa shape index (κ3) is 3.43. The van der Waals surface area contributed by atoms with Gasteiger partial charge in [0.25, 0.3) is 0 Å². The zero-order valence-corrected chi connectivity index (χ0v) is 15.3. The summed E-state index contributed by atoms with van der Waals surface area (Å²) in [7, 11) is 0. The van der Waals surface area contributed by atoms with Crippen LogP contribution in [0.5, 0.6) is 0 Å². The fourth-order valence-corrected chi connectivity index (χ4v) is 3.23. The van der Waals surface area contributed by atoms with Crippen LogP contribution in [0.15, 0.2) is 24.3 Å². The van der Waals surface area contributed by atoms with Crippen LogP contribution in [0.25, 0.3) is 10.9 Å². The van der Waals surface area contributed by atoms with E-state index in [1.54, 1.807) is 0 Å². The SMILES string of the molecule is Cc1cc(C)nc(Nc2nc(C)c3cc(N4CCOCC4)ccc3n2)n1. The Morgan fingerprint density at radius 1 is 0.885 bits per heavy atom. The average molecular weight is 350 g/mol. The van der Waals surface area contributed by atoms with Crippen LogP contribution in [0.2, 0.25) is 0 Å². The highest BCUT2D eigenvalue weighted by molar-refractivity contribution is 5.85. The summed E-state index contributed by atoms with van der Waals surface area (Å²) >= 11 is 0. The molecule has 0 aliphatic carbocycles. The number of nitrogens with zero attached hydrogens (tertiary/aromatic N) is 5. The van der Waals surface area contributed by atoms with Crippen LogP contribution in [0.4, 0.5) is 17.6 Å². The van der Waals surface area contributed by atoms with E-state index in [1.165, 1.54) is 5.69 Å². The summed E-state index contributed by atoms with van der Waals surface area (Å²) in [6, 6.07) is 8.25. The van der Waals surface area contributed by atoms with Crippen LogP contribution in [0.3, 0.4) is 0 Å². The Morgan fingerprint density at radius 3 is 2.31 bits per heavy atom. The quantitative estimate of drug-likeness (QED) is 0.778. The first-order chi connectivity index (χ1) is 12.6. The van der Waals surface area contributed by atoms with E-state index in [0.717, 1.165) is 54.3 Å². The molecule has 0 spiro atoms. The number of morpholine rings is 1. The molecule has 1 fully saturated rings. The minimum absolute atomic E-state index is 0.513. The van der Waals surface area contributed by atoms with Gasteiger partial charge in [-0.15, -0.1) is 0 Å². The average Bonchev–Trinajstić information content (AvgIpc) is 2.61. The van der Waals surface area contributed by atoms with Crippen molar-refractivity contribution >= 4 is 28.5 Å². The van der Waals surface area contributed by atoms with Crippen LogP contribution in [0, 0.1) is 20.8 Å². The van der Waals surface area contributed by atoms with Crippen molar-refractivity contribution in [1.29, 1.82) is 0 Å². The molecule has 3 aromatic rings. The molecule has 1 N–H and O–H groups in total. The van der Waals surface area contributed by atoms with Gasteiger partial charge in [-0.2, -0.15) is 0 Å². The van der Waals surface area contributed by atoms with Gasteiger partial charge in [0.1, 0.15) is 0 Å². The highest BCUT2D eigenvalue weighted by Crippen LogP contribution is 2.25. The van der Waals surface area contributed by atoms with E-state index in [-0.39, 0.29) is 0 Å². The van der Waals surface area contributed by atoms with Crippen LogP contribution in [0.1, 0.15) is 17.1 Å². The van der Waals surface area contributed by atoms with Gasteiger partial charge in [-0.3, -0.25) is 5.32 Å². The van der Waals surface area contributed by atoms with Crippen molar-refractivity contribution in [3.63, 3.8) is 0 Å². The molecule has 4 rings (SSSR count). The standard InChI is InChI=1S/C19H22N6O/c1-12-10-13(2)21-18(20-12)24-19-22-14(3)16-11-15(4-5-17(16)23-19)25-6-8-26-9-7-25/h4-5,10-11H,6-9H2,1-3H3,(H,20,21,22,23,24). The van der Waals surface area contributed by atoms with Gasteiger partial charge in [0.2, 0.25) is 11.9 Å². The number of rotatable bonds is 3. The topological polar surface area (TPSA) is 76.1 Å². The second-order valence-corrected chi connectivity index (χ2v) is 6.53. The number of aryl methyl sites for hydroxylation is 3. The first kappa shape index (κ1) is 16.7. The number of fused-ring (bicyclic) bond motifs is 1. The van der Waals surface area contributed by atoms with Crippen molar-refractivity contribution in [1.82, 2.24) is 19.9 Å². The zero-order valence-electron chi connectivity index (χ0n) is 15.3. The number of aromatic nitrogens is 4. The predicted octanol–water partition coefficient (Wildman–Crippen LogP) is 2.93. The number of nitrogens with one attached hydrogen (secondary N) is 1. The maximum absolute atomic E-state index is 5.43. The number of anilines is 3. The van der Waals surface area contributed by atoms with Gasteiger partial charge in [0, 0.05) is 35.6 Å². The van der Waals surface area contributed by atoms with Crippen LogP contribution in [-0.4, -0.2) is 46.2 Å². The fraction of sp³-hybridized carbons (Fsp3) is 0.368. The van der Waals surface area contributed by atoms with Gasteiger partial charge in [0.15, 0.2) is 0 Å². The van der Waals surface area contributed by atoms with Gasteiger partial charge in [-0.1, -0.05) is 0 Å². The molecule has 1 aliphatic heterocycles. The lowest BCUT2D eigenvalue weighted by atomic mass is 10.1. The number of ether oxygens (including phenoxy) is 1. The second-order valence-electron chi connectivity index (χ2n) is 6.53. The monoisotopic (exact) mass is 350 g/mol. The Hall–Kier alpha value is -2.80. The van der Waals surface area contributed by atoms with Gasteiger partial charge in [-0.25, -0.2) is 19.9 Å². The maximum atomic E-state index is 5.43. The van der Waals surface area contributed by atoms with E-state index in [1.807, 2.05) is 32.9 Å². The molecule has 0 radical (unpaired) electrons. The first-order valence-corrected chi connectivity index (χ1v) is 8.79. The largest absolute Gasteiger partial charge is 0.378 e. The number of hydrogen-bond donors (Lipinski definition) is 1. The van der Waals surface area contributed by atoms with Crippen LogP contribution < -0.4 is 10.2 Å². The summed E-state index contributed by atoms with van der Waals surface area (Å²) in [4.78, 5) is 20.3. The highest BCUT2D eigenvalue weighted by atomic mass is 16.5. The fourth-order valence-electron chi connectivity index (χ4n) is 3.23. The number of hydrogen-bond acceptors (Lipinski definition) is 7. The molecule has 0 atom stereocenters. The smallest absolute Gasteiger partial charge is 0.230 e. The first-order valence-electron chi connectivity index (χ1n) is 8.79. The zero-order chi connectivity index (χ0) is 18.1. The van der Waals surface area contributed by atoms with Crippen LogP contribution in [-0.2, 0) is 4.74 Å². The summed E-state index contributed by atoms with van der Waals surface area (Å²) in [5.74, 6) is 1.03. The predicted molar refractivity (Wildman–Crippen MR) is 102 cm³/mol. The third-order valence-corrected chi connectivity index (χ3v) is 4.45. The van der Waals surface area contributed by atoms with E-state index in [9.17, 15) is 0 Å². The molecule has 0 amide bonds. The third-order valence-electron chi connectivity index (χ3n) is 4.45. The minimum Gasteiger partial charge on any atom is -0.378 e. The molecular formula is C19H22N6O.